The number of nitrogens with zero attached hydrogens (tertiary/aromatic N) is 4. The molecule has 1 N–H and O–H groups in total. The largest absolute Gasteiger partial charge is 0.494 e. The van der Waals surface area contributed by atoms with Gasteiger partial charge in [-0.25, -0.2) is 9.98 Å². The lowest BCUT2D eigenvalue weighted by molar-refractivity contribution is 0.340. The summed E-state index contributed by atoms with van der Waals surface area (Å²) in [5.74, 6) is 1.38. The number of pyridine rings is 1. The van der Waals surface area contributed by atoms with E-state index in [0.29, 0.717) is 18.1 Å². The van der Waals surface area contributed by atoms with Crippen molar-refractivity contribution in [1.29, 1.82) is 0 Å². The van der Waals surface area contributed by atoms with Crippen molar-refractivity contribution in [1.82, 2.24) is 15.4 Å². The summed E-state index contributed by atoms with van der Waals surface area (Å²) in [5, 5.41) is 5.19. The normalized spacial score (nSPS) is 13.1. The van der Waals surface area contributed by atoms with E-state index in [2.05, 4.69) is 31.6 Å². The number of hydrogen-bond acceptors (Lipinski definition) is 6. The van der Waals surface area contributed by atoms with Crippen LogP contribution in [-0.4, -0.2) is 28.6 Å². The molecule has 0 atom stereocenters. The molecule has 0 spiro atoms. The molecular formula is C21H19N5OS. The molecule has 0 amide bonds. The Kier molecular flexibility index (Phi) is 5.53. The topological polar surface area (TPSA) is 71.8 Å². The standard InChI is InChI=1S/C21H19N5OS/c1-2-27-16-11-9-15(10-12-16)24-21(18-6-3-4-13-22-18)26-23-14-20-25-17-7-5-8-19(17)28-20/h3-7,9-14H,2,8H2,1H3,(H,24,26). The predicted octanol–water partition coefficient (Wildman–Crippen LogP) is 4.21. The van der Waals surface area contributed by atoms with E-state index in [1.54, 1.807) is 23.7 Å². The molecule has 0 fully saturated rings. The highest BCUT2D eigenvalue weighted by Gasteiger charge is 2.11. The van der Waals surface area contributed by atoms with Gasteiger partial charge in [-0.05, 0) is 49.4 Å². The summed E-state index contributed by atoms with van der Waals surface area (Å²) < 4.78 is 5.48. The highest BCUT2D eigenvalue weighted by molar-refractivity contribution is 7.13. The van der Waals surface area contributed by atoms with E-state index in [1.807, 2.05) is 55.5 Å². The molecule has 28 heavy (non-hydrogen) atoms. The van der Waals surface area contributed by atoms with Crippen LogP contribution in [0.2, 0.25) is 0 Å². The van der Waals surface area contributed by atoms with Crippen molar-refractivity contribution >= 4 is 35.2 Å². The van der Waals surface area contributed by atoms with Crippen LogP contribution in [0.25, 0.3) is 6.08 Å². The van der Waals surface area contributed by atoms with Crippen molar-refractivity contribution < 1.29 is 4.74 Å². The molecule has 1 aliphatic carbocycles. The van der Waals surface area contributed by atoms with E-state index in [0.717, 1.165) is 28.6 Å². The average molecular weight is 389 g/mol. The van der Waals surface area contributed by atoms with E-state index in [-0.39, 0.29) is 0 Å². The first-order valence-corrected chi connectivity index (χ1v) is 9.82. The number of fused-ring (bicyclic) bond motifs is 1. The van der Waals surface area contributed by atoms with Crippen molar-refractivity contribution in [2.75, 3.05) is 6.61 Å². The number of nitrogens with one attached hydrogen (secondary N) is 1. The maximum absolute atomic E-state index is 5.48. The second-order valence-corrected chi connectivity index (χ2v) is 7.05. The molecule has 3 aromatic rings. The number of amidine groups is 1. The van der Waals surface area contributed by atoms with Gasteiger partial charge in [-0.1, -0.05) is 12.1 Å². The summed E-state index contributed by atoms with van der Waals surface area (Å²) in [6.07, 6.45) is 8.56. The van der Waals surface area contributed by atoms with Crippen molar-refractivity contribution in [3.05, 3.63) is 76.0 Å². The maximum atomic E-state index is 5.48. The third-order valence-electron chi connectivity index (χ3n) is 3.96. The second-order valence-electron chi connectivity index (χ2n) is 5.94. The molecule has 0 bridgehead atoms. The molecule has 1 aromatic carbocycles. The van der Waals surface area contributed by atoms with Gasteiger partial charge in [0.25, 0.3) is 0 Å². The third kappa shape index (κ3) is 4.32. The molecule has 0 unspecified atom stereocenters. The molecule has 2 aromatic heterocycles. The Morgan fingerprint density at radius 3 is 2.89 bits per heavy atom. The highest BCUT2D eigenvalue weighted by atomic mass is 32.1. The molecule has 0 radical (unpaired) electrons. The molecule has 7 heteroatoms. The van der Waals surface area contributed by atoms with Gasteiger partial charge in [-0.15, -0.1) is 11.3 Å². The summed E-state index contributed by atoms with van der Waals surface area (Å²) in [6.45, 7) is 2.59. The first-order valence-electron chi connectivity index (χ1n) is 9.00. The zero-order chi connectivity index (χ0) is 19.2. The van der Waals surface area contributed by atoms with Crippen LogP contribution in [0.15, 0.2) is 64.8 Å². The number of rotatable bonds is 6. The van der Waals surface area contributed by atoms with Crippen LogP contribution in [0.4, 0.5) is 5.69 Å². The Labute approximate surface area is 167 Å². The predicted molar refractivity (Wildman–Crippen MR) is 114 cm³/mol. The number of hydrazone groups is 1. The number of thiazole rings is 1. The van der Waals surface area contributed by atoms with Crippen LogP contribution < -0.4 is 10.2 Å². The van der Waals surface area contributed by atoms with Gasteiger partial charge in [0.15, 0.2) is 5.84 Å². The van der Waals surface area contributed by atoms with Crippen LogP contribution >= 0.6 is 11.3 Å². The van der Waals surface area contributed by atoms with Gasteiger partial charge in [0, 0.05) is 17.5 Å². The van der Waals surface area contributed by atoms with Crippen molar-refractivity contribution in [2.24, 2.45) is 10.1 Å². The van der Waals surface area contributed by atoms with Gasteiger partial charge in [0.1, 0.15) is 16.5 Å². The van der Waals surface area contributed by atoms with Crippen LogP contribution in [-0.2, 0) is 6.42 Å². The van der Waals surface area contributed by atoms with Gasteiger partial charge in [0.2, 0.25) is 0 Å². The monoisotopic (exact) mass is 389 g/mol. The van der Waals surface area contributed by atoms with Crippen LogP contribution in [0.5, 0.6) is 5.75 Å². The summed E-state index contributed by atoms with van der Waals surface area (Å²) in [6, 6.07) is 13.3. The number of ether oxygens (including phenoxy) is 1. The molecule has 0 aliphatic heterocycles. The Bertz CT molecular complexity index is 1020. The van der Waals surface area contributed by atoms with Gasteiger partial charge in [-0.3, -0.25) is 10.4 Å². The van der Waals surface area contributed by atoms with E-state index in [1.165, 1.54) is 4.88 Å². The Balaban J connectivity index is 1.54. The number of aromatic nitrogens is 2. The number of aliphatic imine (C=N–C) groups is 1. The minimum absolute atomic E-state index is 0.560. The van der Waals surface area contributed by atoms with Crippen LogP contribution in [0, 0.1) is 0 Å². The second kappa shape index (κ2) is 8.58. The van der Waals surface area contributed by atoms with E-state index >= 15 is 0 Å². The van der Waals surface area contributed by atoms with Gasteiger partial charge in [-0.2, -0.15) is 5.10 Å². The molecule has 0 saturated heterocycles. The molecular weight excluding hydrogens is 370 g/mol. The fraction of sp³-hybridized carbons (Fsp3) is 0.143. The summed E-state index contributed by atoms with van der Waals surface area (Å²) >= 11 is 1.65. The lowest BCUT2D eigenvalue weighted by atomic mass is 10.3. The molecule has 1 aliphatic rings. The summed E-state index contributed by atoms with van der Waals surface area (Å²) in [4.78, 5) is 14.8. The molecule has 140 valence electrons. The molecule has 4 rings (SSSR count). The third-order valence-corrected chi connectivity index (χ3v) is 4.99. The summed E-state index contributed by atoms with van der Waals surface area (Å²) in [7, 11) is 0. The molecule has 2 heterocycles. The van der Waals surface area contributed by atoms with E-state index < -0.39 is 0 Å². The number of hydrogen-bond donors (Lipinski definition) is 1. The zero-order valence-electron chi connectivity index (χ0n) is 15.4. The Hall–Kier alpha value is -3.32. The van der Waals surface area contributed by atoms with Gasteiger partial charge >= 0.3 is 0 Å². The Morgan fingerprint density at radius 2 is 2.14 bits per heavy atom. The quantitative estimate of drug-likeness (QED) is 0.389. The fourth-order valence-corrected chi connectivity index (χ4v) is 3.60. The minimum atomic E-state index is 0.560. The maximum Gasteiger partial charge on any atom is 0.172 e. The number of allylic oxidation sites excluding steroid dienone is 1. The minimum Gasteiger partial charge on any atom is -0.494 e. The average Bonchev–Trinajstić information content (AvgIpc) is 3.31. The molecule has 6 nitrogen and oxygen atoms in total. The van der Waals surface area contributed by atoms with E-state index in [9.17, 15) is 0 Å². The smallest absolute Gasteiger partial charge is 0.172 e. The lowest BCUT2D eigenvalue weighted by Crippen LogP contribution is -2.20. The van der Waals surface area contributed by atoms with Crippen LogP contribution in [0.3, 0.4) is 0 Å². The molecule has 0 saturated carbocycles. The van der Waals surface area contributed by atoms with Gasteiger partial charge in [0.05, 0.1) is 24.2 Å². The van der Waals surface area contributed by atoms with Crippen LogP contribution in [0.1, 0.15) is 28.2 Å². The lowest BCUT2D eigenvalue weighted by Gasteiger charge is -2.06. The Morgan fingerprint density at radius 1 is 1.25 bits per heavy atom. The zero-order valence-corrected chi connectivity index (χ0v) is 16.2. The first kappa shape index (κ1) is 18.1. The number of benzene rings is 1. The fourth-order valence-electron chi connectivity index (χ4n) is 2.70. The van der Waals surface area contributed by atoms with Crippen molar-refractivity contribution in [3.8, 4) is 5.75 Å². The SMILES string of the molecule is CCOc1ccc(N=C(NN=Cc2nc3c(s2)CC=C3)c2ccccn2)cc1. The summed E-state index contributed by atoms with van der Waals surface area (Å²) in [5.41, 5.74) is 5.54. The van der Waals surface area contributed by atoms with Gasteiger partial charge < -0.3 is 4.74 Å². The van der Waals surface area contributed by atoms with Crippen molar-refractivity contribution in [3.63, 3.8) is 0 Å². The van der Waals surface area contributed by atoms with E-state index in [4.69, 9.17) is 4.74 Å². The first-order chi connectivity index (χ1) is 13.8. The van der Waals surface area contributed by atoms with Crippen molar-refractivity contribution in [2.45, 2.75) is 13.3 Å². The highest BCUT2D eigenvalue weighted by Crippen LogP contribution is 2.24.